The first-order chi connectivity index (χ1) is 10.6. The molecule has 1 aromatic carbocycles. The van der Waals surface area contributed by atoms with Crippen LogP contribution in [-0.2, 0) is 0 Å². The fourth-order valence-electron chi connectivity index (χ4n) is 2.60. The second-order valence-corrected chi connectivity index (χ2v) is 6.25. The molecule has 0 saturated carbocycles. The summed E-state index contributed by atoms with van der Waals surface area (Å²) < 4.78 is 11.2. The number of likely N-dealkylation sites (tertiary alicyclic amines) is 1. The molecule has 1 heterocycles. The third-order valence-electron chi connectivity index (χ3n) is 4.01. The zero-order chi connectivity index (χ0) is 15.9. The molecule has 0 unspecified atom stereocenters. The lowest BCUT2D eigenvalue weighted by atomic mass is 10.1. The van der Waals surface area contributed by atoms with E-state index < -0.39 is 0 Å². The van der Waals surface area contributed by atoms with E-state index in [0.717, 1.165) is 32.4 Å². The highest BCUT2D eigenvalue weighted by atomic mass is 16.5. The number of carbonyl (C=O) groups excluding carboxylic acids is 1. The number of benzene rings is 1. The molecule has 1 saturated heterocycles. The SMILES string of the molecule is COc1cc(C(=O)N2CCCCC2)ccc1OCCC(C)C. The molecule has 0 atom stereocenters. The predicted molar refractivity (Wildman–Crippen MR) is 87.7 cm³/mol. The van der Waals surface area contributed by atoms with Crippen LogP contribution in [0, 0.1) is 5.92 Å². The Labute approximate surface area is 133 Å². The first-order valence-electron chi connectivity index (χ1n) is 8.22. The number of ether oxygens (including phenoxy) is 2. The van der Waals surface area contributed by atoms with Crippen LogP contribution in [0.3, 0.4) is 0 Å². The monoisotopic (exact) mass is 305 g/mol. The summed E-state index contributed by atoms with van der Waals surface area (Å²) in [5.41, 5.74) is 0.676. The van der Waals surface area contributed by atoms with E-state index >= 15 is 0 Å². The van der Waals surface area contributed by atoms with E-state index in [1.54, 1.807) is 13.2 Å². The van der Waals surface area contributed by atoms with Gasteiger partial charge in [-0.25, -0.2) is 0 Å². The van der Waals surface area contributed by atoms with Crippen LogP contribution < -0.4 is 9.47 Å². The Morgan fingerprint density at radius 1 is 1.18 bits per heavy atom. The average Bonchev–Trinajstić information content (AvgIpc) is 2.55. The molecule has 122 valence electrons. The Morgan fingerprint density at radius 3 is 2.55 bits per heavy atom. The van der Waals surface area contributed by atoms with E-state index in [2.05, 4.69) is 13.8 Å². The van der Waals surface area contributed by atoms with Crippen molar-refractivity contribution in [1.29, 1.82) is 0 Å². The lowest BCUT2D eigenvalue weighted by molar-refractivity contribution is 0.0724. The Hall–Kier alpha value is -1.71. The van der Waals surface area contributed by atoms with Crippen molar-refractivity contribution in [3.63, 3.8) is 0 Å². The number of carbonyl (C=O) groups is 1. The molecule has 1 amide bonds. The molecule has 0 N–H and O–H groups in total. The topological polar surface area (TPSA) is 38.8 Å². The summed E-state index contributed by atoms with van der Waals surface area (Å²) in [5.74, 6) is 2.03. The van der Waals surface area contributed by atoms with Gasteiger partial charge in [0.2, 0.25) is 0 Å². The molecule has 1 aliphatic heterocycles. The van der Waals surface area contributed by atoms with Gasteiger partial charge in [-0.05, 0) is 49.8 Å². The molecule has 1 aromatic rings. The number of hydrogen-bond donors (Lipinski definition) is 0. The van der Waals surface area contributed by atoms with Gasteiger partial charge in [0.15, 0.2) is 11.5 Å². The molecule has 1 aliphatic rings. The fraction of sp³-hybridized carbons (Fsp3) is 0.611. The summed E-state index contributed by atoms with van der Waals surface area (Å²) >= 11 is 0. The molecule has 0 aromatic heterocycles. The molecular formula is C18H27NO3. The van der Waals surface area contributed by atoms with Crippen molar-refractivity contribution in [2.45, 2.75) is 39.5 Å². The first kappa shape index (κ1) is 16.7. The molecule has 4 nitrogen and oxygen atoms in total. The van der Waals surface area contributed by atoms with Crippen LogP contribution in [0.1, 0.15) is 49.9 Å². The Morgan fingerprint density at radius 2 is 1.91 bits per heavy atom. The molecule has 4 heteroatoms. The highest BCUT2D eigenvalue weighted by Gasteiger charge is 2.19. The van der Waals surface area contributed by atoms with Gasteiger partial charge in [0.1, 0.15) is 0 Å². The standard InChI is InChI=1S/C18H27NO3/c1-14(2)9-12-22-16-8-7-15(13-17(16)21-3)18(20)19-10-5-4-6-11-19/h7-8,13-14H,4-6,9-12H2,1-3H3. The summed E-state index contributed by atoms with van der Waals surface area (Å²) in [6.45, 7) is 6.71. The van der Waals surface area contributed by atoms with E-state index in [1.807, 2.05) is 17.0 Å². The second-order valence-electron chi connectivity index (χ2n) is 6.25. The van der Waals surface area contributed by atoms with Crippen LogP contribution in [0.2, 0.25) is 0 Å². The summed E-state index contributed by atoms with van der Waals surface area (Å²) in [5, 5.41) is 0. The number of piperidine rings is 1. The van der Waals surface area contributed by atoms with Gasteiger partial charge >= 0.3 is 0 Å². The van der Waals surface area contributed by atoms with Gasteiger partial charge in [-0.1, -0.05) is 13.8 Å². The summed E-state index contributed by atoms with van der Waals surface area (Å²) in [6.07, 6.45) is 4.41. The van der Waals surface area contributed by atoms with Gasteiger partial charge in [-0.3, -0.25) is 4.79 Å². The van der Waals surface area contributed by atoms with E-state index in [4.69, 9.17) is 9.47 Å². The maximum Gasteiger partial charge on any atom is 0.253 e. The predicted octanol–water partition coefficient (Wildman–Crippen LogP) is 3.75. The smallest absolute Gasteiger partial charge is 0.253 e. The minimum atomic E-state index is 0.0896. The summed E-state index contributed by atoms with van der Waals surface area (Å²) in [7, 11) is 1.61. The van der Waals surface area contributed by atoms with Crippen LogP contribution in [0.4, 0.5) is 0 Å². The molecule has 0 radical (unpaired) electrons. The maximum atomic E-state index is 12.5. The number of rotatable bonds is 6. The van der Waals surface area contributed by atoms with Gasteiger partial charge in [-0.15, -0.1) is 0 Å². The molecule has 0 aliphatic carbocycles. The Kier molecular flexibility index (Phi) is 6.10. The van der Waals surface area contributed by atoms with Gasteiger partial charge < -0.3 is 14.4 Å². The number of hydrogen-bond acceptors (Lipinski definition) is 3. The van der Waals surface area contributed by atoms with Crippen molar-refractivity contribution in [2.75, 3.05) is 26.8 Å². The average molecular weight is 305 g/mol. The van der Waals surface area contributed by atoms with E-state index in [-0.39, 0.29) is 5.91 Å². The Bertz CT molecular complexity index is 493. The highest BCUT2D eigenvalue weighted by molar-refractivity contribution is 5.95. The van der Waals surface area contributed by atoms with E-state index in [0.29, 0.717) is 29.6 Å². The lowest BCUT2D eigenvalue weighted by Gasteiger charge is -2.27. The van der Waals surface area contributed by atoms with E-state index in [9.17, 15) is 4.79 Å². The molecule has 0 spiro atoms. The zero-order valence-electron chi connectivity index (χ0n) is 13.9. The van der Waals surface area contributed by atoms with E-state index in [1.165, 1.54) is 6.42 Å². The Balaban J connectivity index is 2.05. The van der Waals surface area contributed by atoms with Crippen molar-refractivity contribution < 1.29 is 14.3 Å². The molecular weight excluding hydrogens is 278 g/mol. The minimum Gasteiger partial charge on any atom is -0.493 e. The van der Waals surface area contributed by atoms with Crippen LogP contribution in [0.15, 0.2) is 18.2 Å². The third kappa shape index (κ3) is 4.39. The van der Waals surface area contributed by atoms with Gasteiger partial charge in [0.25, 0.3) is 5.91 Å². The van der Waals surface area contributed by atoms with Crippen LogP contribution in [0.5, 0.6) is 11.5 Å². The maximum absolute atomic E-state index is 12.5. The number of nitrogens with zero attached hydrogens (tertiary/aromatic N) is 1. The fourth-order valence-corrected chi connectivity index (χ4v) is 2.60. The van der Waals surface area contributed by atoms with Gasteiger partial charge in [0, 0.05) is 18.7 Å². The largest absolute Gasteiger partial charge is 0.493 e. The summed E-state index contributed by atoms with van der Waals surface area (Å²) in [6, 6.07) is 5.47. The van der Waals surface area contributed by atoms with Crippen molar-refractivity contribution in [1.82, 2.24) is 4.90 Å². The highest BCUT2D eigenvalue weighted by Crippen LogP contribution is 2.29. The lowest BCUT2D eigenvalue weighted by Crippen LogP contribution is -2.35. The zero-order valence-corrected chi connectivity index (χ0v) is 13.9. The first-order valence-corrected chi connectivity index (χ1v) is 8.22. The van der Waals surface area contributed by atoms with Crippen LogP contribution in [-0.4, -0.2) is 37.6 Å². The number of methoxy groups -OCH3 is 1. The van der Waals surface area contributed by atoms with Gasteiger partial charge in [-0.2, -0.15) is 0 Å². The number of amides is 1. The van der Waals surface area contributed by atoms with Crippen LogP contribution >= 0.6 is 0 Å². The molecule has 1 fully saturated rings. The van der Waals surface area contributed by atoms with Crippen LogP contribution in [0.25, 0.3) is 0 Å². The van der Waals surface area contributed by atoms with Gasteiger partial charge in [0.05, 0.1) is 13.7 Å². The van der Waals surface area contributed by atoms with Crippen molar-refractivity contribution in [3.05, 3.63) is 23.8 Å². The molecule has 2 rings (SSSR count). The third-order valence-corrected chi connectivity index (χ3v) is 4.01. The minimum absolute atomic E-state index is 0.0896. The molecule has 0 bridgehead atoms. The summed E-state index contributed by atoms with van der Waals surface area (Å²) in [4.78, 5) is 14.4. The van der Waals surface area contributed by atoms with Crippen molar-refractivity contribution in [3.8, 4) is 11.5 Å². The molecule has 22 heavy (non-hydrogen) atoms. The second kappa shape index (κ2) is 8.06. The van der Waals surface area contributed by atoms with Crippen molar-refractivity contribution >= 4 is 5.91 Å². The normalized spacial score (nSPS) is 15.0. The van der Waals surface area contributed by atoms with Crippen molar-refractivity contribution in [2.24, 2.45) is 5.92 Å². The quantitative estimate of drug-likeness (QED) is 0.803.